The van der Waals surface area contributed by atoms with Gasteiger partial charge in [-0.2, -0.15) is 0 Å². The van der Waals surface area contributed by atoms with E-state index < -0.39 is 24.6 Å². The molecule has 0 aromatic rings. The van der Waals surface area contributed by atoms with Gasteiger partial charge < -0.3 is 24.5 Å². The Bertz CT molecular complexity index is 160. The monoisotopic (exact) mass is 176 g/mol. The lowest BCUT2D eigenvalue weighted by Crippen LogP contribution is -2.49. The van der Waals surface area contributed by atoms with Crippen molar-refractivity contribution >= 4 is 6.29 Å². The Morgan fingerprint density at radius 1 is 1.58 bits per heavy atom. The molecule has 1 heterocycles. The van der Waals surface area contributed by atoms with Crippen LogP contribution in [0.1, 0.15) is 6.42 Å². The third-order valence-corrected chi connectivity index (χ3v) is 1.87. The molecule has 1 unspecified atom stereocenters. The van der Waals surface area contributed by atoms with Crippen molar-refractivity contribution < 1.29 is 24.5 Å². The van der Waals surface area contributed by atoms with E-state index in [-0.39, 0.29) is 6.42 Å². The molecule has 0 radical (unpaired) electrons. The van der Waals surface area contributed by atoms with Crippen LogP contribution in [0.2, 0.25) is 0 Å². The second-order valence-corrected chi connectivity index (χ2v) is 2.70. The summed E-state index contributed by atoms with van der Waals surface area (Å²) in [6, 6.07) is 0. The van der Waals surface area contributed by atoms with Crippen LogP contribution in [0.5, 0.6) is 0 Å². The Kier molecular flexibility index (Phi) is 3.16. The predicted octanol–water partition coefficient (Wildman–Crippen LogP) is -1.33. The number of aldehydes is 1. The molecule has 5 heteroatoms. The van der Waals surface area contributed by atoms with Crippen LogP contribution in [0.3, 0.4) is 0 Å². The number of aliphatic hydroxyl groups excluding tert-OH is 2. The van der Waals surface area contributed by atoms with Crippen LogP contribution in [0.4, 0.5) is 0 Å². The molecule has 0 aromatic carbocycles. The zero-order chi connectivity index (χ0) is 9.14. The van der Waals surface area contributed by atoms with E-state index >= 15 is 0 Å². The van der Waals surface area contributed by atoms with E-state index in [1.165, 1.54) is 7.11 Å². The van der Waals surface area contributed by atoms with E-state index in [9.17, 15) is 15.0 Å². The van der Waals surface area contributed by atoms with Gasteiger partial charge in [-0.1, -0.05) is 0 Å². The topological polar surface area (TPSA) is 76.0 Å². The molecule has 1 fully saturated rings. The molecule has 5 nitrogen and oxygen atoms in total. The van der Waals surface area contributed by atoms with Crippen molar-refractivity contribution in [2.45, 2.75) is 31.0 Å². The van der Waals surface area contributed by atoms with Gasteiger partial charge in [0.25, 0.3) is 0 Å². The van der Waals surface area contributed by atoms with Crippen LogP contribution in [0.15, 0.2) is 0 Å². The lowest BCUT2D eigenvalue weighted by molar-refractivity contribution is -0.233. The minimum absolute atomic E-state index is 0.183. The molecule has 1 rings (SSSR count). The van der Waals surface area contributed by atoms with Gasteiger partial charge in [0.1, 0.15) is 12.2 Å². The summed E-state index contributed by atoms with van der Waals surface area (Å²) in [5, 5.41) is 18.4. The highest BCUT2D eigenvalue weighted by Crippen LogP contribution is 2.19. The highest BCUT2D eigenvalue weighted by Gasteiger charge is 2.36. The lowest BCUT2D eigenvalue weighted by atomic mass is 10.0. The summed E-state index contributed by atoms with van der Waals surface area (Å²) in [7, 11) is 1.41. The number of carbonyl (C=O) groups excluding carboxylic acids is 1. The molecule has 0 aromatic heterocycles. The summed E-state index contributed by atoms with van der Waals surface area (Å²) in [5.41, 5.74) is 0. The second-order valence-electron chi connectivity index (χ2n) is 2.70. The quantitative estimate of drug-likeness (QED) is 0.510. The maximum Gasteiger partial charge on any atom is 0.160 e. The van der Waals surface area contributed by atoms with Crippen molar-refractivity contribution in [1.82, 2.24) is 0 Å². The average Bonchev–Trinajstić information content (AvgIpc) is 2.09. The van der Waals surface area contributed by atoms with Gasteiger partial charge in [-0.25, -0.2) is 0 Å². The highest BCUT2D eigenvalue weighted by atomic mass is 16.7. The summed E-state index contributed by atoms with van der Waals surface area (Å²) in [6.07, 6.45) is -3.06. The van der Waals surface area contributed by atoms with Gasteiger partial charge in [-0.05, 0) is 0 Å². The fourth-order valence-corrected chi connectivity index (χ4v) is 1.13. The molecular formula is C7H12O5. The summed E-state index contributed by atoms with van der Waals surface area (Å²) < 4.78 is 9.76. The Hall–Kier alpha value is -0.490. The van der Waals surface area contributed by atoms with Crippen molar-refractivity contribution in [2.24, 2.45) is 0 Å². The predicted molar refractivity (Wildman–Crippen MR) is 38.4 cm³/mol. The zero-order valence-corrected chi connectivity index (χ0v) is 6.71. The van der Waals surface area contributed by atoms with Gasteiger partial charge in [0.15, 0.2) is 12.6 Å². The van der Waals surface area contributed by atoms with Crippen molar-refractivity contribution in [2.75, 3.05) is 7.11 Å². The fraction of sp³-hybridized carbons (Fsp3) is 0.857. The van der Waals surface area contributed by atoms with E-state index in [0.29, 0.717) is 6.29 Å². The van der Waals surface area contributed by atoms with Gasteiger partial charge in [0.2, 0.25) is 0 Å². The molecule has 0 saturated carbocycles. The number of aliphatic hydroxyl groups is 2. The second kappa shape index (κ2) is 3.95. The first-order chi connectivity index (χ1) is 5.69. The number of carbonyl (C=O) groups is 1. The van der Waals surface area contributed by atoms with Gasteiger partial charge in [0, 0.05) is 13.5 Å². The Morgan fingerprint density at radius 3 is 2.75 bits per heavy atom. The molecule has 0 aliphatic carbocycles. The van der Waals surface area contributed by atoms with Gasteiger partial charge in [-0.15, -0.1) is 0 Å². The zero-order valence-electron chi connectivity index (χ0n) is 6.71. The average molecular weight is 176 g/mol. The highest BCUT2D eigenvalue weighted by molar-refractivity contribution is 5.57. The first-order valence-electron chi connectivity index (χ1n) is 3.68. The maximum absolute atomic E-state index is 10.3. The molecule has 4 atom stereocenters. The SMILES string of the molecule is COC1C[C@@H](O)[C@@H](O)[C@@H](C=O)O1. The number of methoxy groups -OCH3 is 1. The molecule has 70 valence electrons. The van der Waals surface area contributed by atoms with Crippen molar-refractivity contribution in [3.05, 3.63) is 0 Å². The Morgan fingerprint density at radius 2 is 2.25 bits per heavy atom. The van der Waals surface area contributed by atoms with Crippen LogP contribution < -0.4 is 0 Å². The molecule has 1 aliphatic rings. The normalized spacial score (nSPS) is 42.6. The van der Waals surface area contributed by atoms with Crippen LogP contribution in [-0.4, -0.2) is 48.2 Å². The van der Waals surface area contributed by atoms with Crippen molar-refractivity contribution in [3.8, 4) is 0 Å². The number of hydrogen-bond donors (Lipinski definition) is 2. The molecule has 0 bridgehead atoms. The lowest BCUT2D eigenvalue weighted by Gasteiger charge is -2.33. The van der Waals surface area contributed by atoms with Crippen LogP contribution in [0.25, 0.3) is 0 Å². The molecule has 0 amide bonds. The van der Waals surface area contributed by atoms with E-state index in [2.05, 4.69) is 0 Å². The van der Waals surface area contributed by atoms with Gasteiger partial charge >= 0.3 is 0 Å². The Balaban J connectivity index is 2.57. The number of rotatable bonds is 2. The van der Waals surface area contributed by atoms with Gasteiger partial charge in [-0.3, -0.25) is 0 Å². The van der Waals surface area contributed by atoms with Gasteiger partial charge in [0.05, 0.1) is 6.10 Å². The van der Waals surface area contributed by atoms with Crippen molar-refractivity contribution in [1.29, 1.82) is 0 Å². The summed E-state index contributed by atoms with van der Waals surface area (Å²) >= 11 is 0. The maximum atomic E-state index is 10.3. The molecule has 1 saturated heterocycles. The fourth-order valence-electron chi connectivity index (χ4n) is 1.13. The smallest absolute Gasteiger partial charge is 0.160 e. The third kappa shape index (κ3) is 1.81. The van der Waals surface area contributed by atoms with E-state index in [0.717, 1.165) is 0 Å². The largest absolute Gasteiger partial charge is 0.390 e. The Labute approximate surface area is 69.9 Å². The van der Waals surface area contributed by atoms with E-state index in [1.807, 2.05) is 0 Å². The molecule has 1 aliphatic heterocycles. The summed E-state index contributed by atoms with van der Waals surface area (Å²) in [4.78, 5) is 10.3. The molecule has 0 spiro atoms. The standard InChI is InChI=1S/C7H12O5/c1-11-6-2-4(9)7(10)5(3-8)12-6/h3-7,9-10H,2H2,1H3/t4-,5-,6?,7-/m1/s1. The first kappa shape index (κ1) is 9.60. The van der Waals surface area contributed by atoms with Crippen molar-refractivity contribution in [3.63, 3.8) is 0 Å². The molecule has 12 heavy (non-hydrogen) atoms. The molecule has 2 N–H and O–H groups in total. The van der Waals surface area contributed by atoms with E-state index in [1.54, 1.807) is 0 Å². The minimum Gasteiger partial charge on any atom is -0.390 e. The first-order valence-corrected chi connectivity index (χ1v) is 3.68. The summed E-state index contributed by atoms with van der Waals surface area (Å²) in [6.45, 7) is 0. The number of hydrogen-bond acceptors (Lipinski definition) is 5. The molecular weight excluding hydrogens is 164 g/mol. The van der Waals surface area contributed by atoms with Crippen LogP contribution >= 0.6 is 0 Å². The van der Waals surface area contributed by atoms with Crippen LogP contribution in [-0.2, 0) is 14.3 Å². The third-order valence-electron chi connectivity index (χ3n) is 1.87. The van der Waals surface area contributed by atoms with E-state index in [4.69, 9.17) is 9.47 Å². The summed E-state index contributed by atoms with van der Waals surface area (Å²) in [5.74, 6) is 0. The van der Waals surface area contributed by atoms with Crippen LogP contribution in [0, 0.1) is 0 Å². The number of ether oxygens (including phenoxy) is 2. The minimum atomic E-state index is -1.14.